The zero-order valence-corrected chi connectivity index (χ0v) is 32.7. The molecule has 1 aliphatic rings. The number of anilines is 1. The molecule has 0 unspecified atom stereocenters. The van der Waals surface area contributed by atoms with Gasteiger partial charge in [-0.3, -0.25) is 18.7 Å². The van der Waals surface area contributed by atoms with Crippen LogP contribution in [0.15, 0.2) is 137 Å². The molecule has 1 N–H and O–H groups in total. The molecule has 0 spiro atoms. The Morgan fingerprint density at radius 3 is 2.36 bits per heavy atom. The molecule has 8 aromatic rings. The van der Waals surface area contributed by atoms with Crippen molar-refractivity contribution >= 4 is 73.5 Å². The molecular weight excluding hydrogens is 757 g/mol. The Kier molecular flexibility index (Phi) is 10.4. The van der Waals surface area contributed by atoms with Gasteiger partial charge < -0.3 is 10.1 Å². The number of nitrogens with one attached hydrogen (secondary N) is 1. The van der Waals surface area contributed by atoms with Gasteiger partial charge in [-0.1, -0.05) is 102 Å². The molecule has 0 bridgehead atoms. The maximum atomic E-state index is 13.6. The molecular formula is C44H36N6O3S3. The van der Waals surface area contributed by atoms with E-state index in [2.05, 4.69) is 45.8 Å². The van der Waals surface area contributed by atoms with Gasteiger partial charge in [0.2, 0.25) is 11.8 Å². The molecule has 9 nitrogen and oxygen atoms in total. The Morgan fingerprint density at radius 1 is 0.768 bits per heavy atom. The number of thioether (sulfide) groups is 2. The summed E-state index contributed by atoms with van der Waals surface area (Å²) >= 11 is 4.30. The first-order valence-electron chi connectivity index (χ1n) is 18.5. The minimum Gasteiger partial charge on any atom is -0.486 e. The number of amides is 1. The van der Waals surface area contributed by atoms with E-state index >= 15 is 0 Å². The van der Waals surface area contributed by atoms with E-state index in [1.807, 2.05) is 106 Å². The Bertz CT molecular complexity index is 2670. The van der Waals surface area contributed by atoms with Crippen LogP contribution in [0, 0.1) is 0 Å². The van der Waals surface area contributed by atoms with Crippen LogP contribution in [0.25, 0.3) is 37.9 Å². The summed E-state index contributed by atoms with van der Waals surface area (Å²) in [5, 5.41) is 13.7. The van der Waals surface area contributed by atoms with E-state index in [4.69, 9.17) is 9.72 Å². The van der Waals surface area contributed by atoms with Crippen LogP contribution in [0.1, 0.15) is 34.7 Å². The van der Waals surface area contributed by atoms with E-state index < -0.39 is 0 Å². The van der Waals surface area contributed by atoms with E-state index in [-0.39, 0.29) is 24.2 Å². The first-order chi connectivity index (χ1) is 27.6. The maximum Gasteiger partial charge on any atom is 0.241 e. The second kappa shape index (κ2) is 16.2. The van der Waals surface area contributed by atoms with E-state index in [9.17, 15) is 9.59 Å². The maximum absolute atomic E-state index is 13.6. The third-order valence-corrected chi connectivity index (χ3v) is 12.9. The van der Waals surface area contributed by atoms with Crippen molar-refractivity contribution in [2.45, 2.75) is 41.8 Å². The number of ether oxygens (including phenoxy) is 1. The number of fused-ring (bicyclic) bond motifs is 4. The fourth-order valence-electron chi connectivity index (χ4n) is 7.18. The lowest BCUT2D eigenvalue weighted by Crippen LogP contribution is -2.18. The van der Waals surface area contributed by atoms with Crippen molar-refractivity contribution in [2.75, 3.05) is 16.8 Å². The quantitative estimate of drug-likeness (QED) is 0.122. The number of aryl methyl sites for hydroxylation is 1. The lowest BCUT2D eigenvalue weighted by atomic mass is 9.96. The third kappa shape index (κ3) is 7.60. The van der Waals surface area contributed by atoms with Crippen molar-refractivity contribution in [3.8, 4) is 22.6 Å². The first-order valence-corrected chi connectivity index (χ1v) is 21.2. The summed E-state index contributed by atoms with van der Waals surface area (Å²) in [6.07, 6.45) is 4.23. The number of rotatable bonds is 12. The summed E-state index contributed by atoms with van der Waals surface area (Å²) < 4.78 is 11.8. The SMILES string of the molecule is O=C(CSc1nnc(COc2ccc(-c3ccccc3)cc2)n1-c1ccccc1)Nc1ccc2nc(SCC(=O)n3c4c(c5ccccc53)CCCC4)sc2c1. The number of carbonyl (C=O) groups excluding carboxylic acids is 2. The number of thiazole rings is 1. The molecule has 0 radical (unpaired) electrons. The molecule has 9 rings (SSSR count). The molecule has 0 saturated carbocycles. The number of para-hydroxylation sites is 2. The minimum absolute atomic E-state index is 0.0793. The lowest BCUT2D eigenvalue weighted by molar-refractivity contribution is -0.113. The van der Waals surface area contributed by atoms with Crippen molar-refractivity contribution in [3.63, 3.8) is 0 Å². The number of benzene rings is 5. The molecule has 5 aromatic carbocycles. The molecule has 0 aliphatic heterocycles. The zero-order valence-electron chi connectivity index (χ0n) is 30.3. The highest BCUT2D eigenvalue weighted by Gasteiger charge is 2.24. The largest absolute Gasteiger partial charge is 0.486 e. The summed E-state index contributed by atoms with van der Waals surface area (Å²) in [7, 11) is 0. The van der Waals surface area contributed by atoms with Gasteiger partial charge in [0.25, 0.3) is 0 Å². The Labute approximate surface area is 336 Å². The highest BCUT2D eigenvalue weighted by Crippen LogP contribution is 2.35. The predicted molar refractivity (Wildman–Crippen MR) is 226 cm³/mol. The molecule has 3 heterocycles. The molecule has 12 heteroatoms. The minimum atomic E-state index is -0.166. The molecule has 1 aliphatic carbocycles. The molecule has 0 saturated heterocycles. The third-order valence-electron chi connectivity index (χ3n) is 9.78. The second-order valence-electron chi connectivity index (χ2n) is 13.4. The van der Waals surface area contributed by atoms with Gasteiger partial charge in [0.15, 0.2) is 15.3 Å². The van der Waals surface area contributed by atoms with Crippen molar-refractivity contribution in [3.05, 3.63) is 144 Å². The van der Waals surface area contributed by atoms with Crippen LogP contribution in [-0.2, 0) is 24.2 Å². The number of hydrogen-bond acceptors (Lipinski definition) is 9. The topological polar surface area (TPSA) is 104 Å². The van der Waals surface area contributed by atoms with Crippen molar-refractivity contribution in [1.29, 1.82) is 0 Å². The van der Waals surface area contributed by atoms with Crippen LogP contribution in [0.5, 0.6) is 5.75 Å². The second-order valence-corrected chi connectivity index (χ2v) is 16.6. The van der Waals surface area contributed by atoms with Gasteiger partial charge >= 0.3 is 0 Å². The highest BCUT2D eigenvalue weighted by atomic mass is 32.2. The van der Waals surface area contributed by atoms with Gasteiger partial charge in [-0.15, -0.1) is 21.5 Å². The van der Waals surface area contributed by atoms with Crippen LogP contribution in [0.3, 0.4) is 0 Å². The fourth-order valence-corrected chi connectivity index (χ4v) is 9.91. The van der Waals surface area contributed by atoms with Crippen LogP contribution < -0.4 is 10.1 Å². The number of carbonyl (C=O) groups is 2. The summed E-state index contributed by atoms with van der Waals surface area (Å²) in [5.41, 5.74) is 8.15. The number of nitrogens with zero attached hydrogens (tertiary/aromatic N) is 5. The molecule has 278 valence electrons. The lowest BCUT2D eigenvalue weighted by Gasteiger charge is -2.14. The molecule has 56 heavy (non-hydrogen) atoms. The van der Waals surface area contributed by atoms with Gasteiger partial charge in [0, 0.05) is 22.5 Å². The summed E-state index contributed by atoms with van der Waals surface area (Å²) in [6, 6.07) is 42.0. The molecule has 0 fully saturated rings. The van der Waals surface area contributed by atoms with Gasteiger partial charge in [-0.2, -0.15) is 0 Å². The average molecular weight is 793 g/mol. The van der Waals surface area contributed by atoms with Gasteiger partial charge in [-0.25, -0.2) is 4.98 Å². The standard InChI is InChI=1S/C44H36N6O3S3/c51-41(27-54-43-48-47-40(49(43)32-13-5-2-6-14-32)26-53-33-22-19-30(20-23-33)29-11-3-1-4-12-29)45-31-21-24-36-39(25-31)56-44(46-36)55-28-42(52)50-37-17-9-7-15-34(37)35-16-8-10-18-38(35)50/h1-7,9,11-15,17,19-25H,8,10,16,18,26-28H2,(H,45,51). The summed E-state index contributed by atoms with van der Waals surface area (Å²) in [4.78, 5) is 31.6. The van der Waals surface area contributed by atoms with Crippen molar-refractivity contribution < 1.29 is 14.3 Å². The molecule has 1 amide bonds. The Balaban J connectivity index is 0.836. The van der Waals surface area contributed by atoms with Crippen LogP contribution in [0.2, 0.25) is 0 Å². The molecule has 0 atom stereocenters. The normalized spacial score (nSPS) is 12.5. The summed E-state index contributed by atoms with van der Waals surface area (Å²) in [5.74, 6) is 1.69. The number of aromatic nitrogens is 5. The Hall–Kier alpha value is -5.69. The molecule has 3 aromatic heterocycles. The van der Waals surface area contributed by atoms with E-state index in [1.54, 1.807) is 0 Å². The predicted octanol–water partition coefficient (Wildman–Crippen LogP) is 10.1. The van der Waals surface area contributed by atoms with Crippen molar-refractivity contribution in [2.24, 2.45) is 0 Å². The van der Waals surface area contributed by atoms with Crippen molar-refractivity contribution in [1.82, 2.24) is 24.3 Å². The average Bonchev–Trinajstić information content (AvgIpc) is 3.95. The van der Waals surface area contributed by atoms with Gasteiger partial charge in [-0.05, 0) is 90.9 Å². The first kappa shape index (κ1) is 36.0. The highest BCUT2D eigenvalue weighted by molar-refractivity contribution is 8.01. The van der Waals surface area contributed by atoms with Crippen LogP contribution in [0.4, 0.5) is 5.69 Å². The zero-order chi connectivity index (χ0) is 37.8. The fraction of sp³-hybridized carbons (Fsp3) is 0.159. The van der Waals surface area contributed by atoms with Crippen LogP contribution in [-0.4, -0.2) is 47.6 Å². The van der Waals surface area contributed by atoms with E-state index in [1.165, 1.54) is 51.5 Å². The van der Waals surface area contributed by atoms with Crippen LogP contribution >= 0.6 is 34.9 Å². The van der Waals surface area contributed by atoms with E-state index in [0.717, 1.165) is 68.3 Å². The number of hydrogen-bond donors (Lipinski definition) is 1. The Morgan fingerprint density at radius 2 is 1.52 bits per heavy atom. The monoisotopic (exact) mass is 792 g/mol. The summed E-state index contributed by atoms with van der Waals surface area (Å²) in [6.45, 7) is 0.202. The van der Waals surface area contributed by atoms with Gasteiger partial charge in [0.1, 0.15) is 12.4 Å². The smallest absolute Gasteiger partial charge is 0.241 e. The van der Waals surface area contributed by atoms with E-state index in [0.29, 0.717) is 22.4 Å². The van der Waals surface area contributed by atoms with Gasteiger partial charge in [0.05, 0.1) is 27.2 Å².